The Kier molecular flexibility index (Phi) is 5.24. The van der Waals surface area contributed by atoms with Crippen LogP contribution >= 0.6 is 23.2 Å². The first-order chi connectivity index (χ1) is 9.60. The Morgan fingerprint density at radius 2 is 1.80 bits per heavy atom. The van der Waals surface area contributed by atoms with E-state index in [0.29, 0.717) is 27.8 Å². The number of ether oxygens (including phenoxy) is 1. The van der Waals surface area contributed by atoms with Crippen molar-refractivity contribution < 1.29 is 14.2 Å². The van der Waals surface area contributed by atoms with Crippen molar-refractivity contribution in [3.63, 3.8) is 0 Å². The summed E-state index contributed by atoms with van der Waals surface area (Å²) in [5, 5.41) is 9.99. The molecule has 2 aromatic rings. The molecule has 0 amide bonds. The summed E-state index contributed by atoms with van der Waals surface area (Å²) in [6, 6.07) is 9.30. The van der Waals surface area contributed by atoms with E-state index < -0.39 is 0 Å². The monoisotopic (exact) mass is 314 g/mol. The second-order valence-electron chi connectivity index (χ2n) is 4.25. The van der Waals surface area contributed by atoms with Crippen molar-refractivity contribution in [3.05, 3.63) is 63.4 Å². The van der Waals surface area contributed by atoms with Crippen LogP contribution in [0.1, 0.15) is 11.1 Å². The molecule has 0 spiro atoms. The van der Waals surface area contributed by atoms with Crippen molar-refractivity contribution in [2.75, 3.05) is 6.61 Å². The summed E-state index contributed by atoms with van der Waals surface area (Å²) < 4.78 is 18.5. The average Bonchev–Trinajstić information content (AvgIpc) is 2.41. The third-order valence-electron chi connectivity index (χ3n) is 2.79. The Bertz CT molecular complexity index is 585. The van der Waals surface area contributed by atoms with Crippen LogP contribution in [0.2, 0.25) is 10.0 Å². The number of hydrogen-bond donors (Lipinski definition) is 1. The fourth-order valence-corrected chi connectivity index (χ4v) is 2.37. The zero-order valence-electron chi connectivity index (χ0n) is 10.6. The molecule has 0 saturated carbocycles. The van der Waals surface area contributed by atoms with E-state index in [1.807, 2.05) is 0 Å². The van der Waals surface area contributed by atoms with Crippen molar-refractivity contribution >= 4 is 23.2 Å². The Morgan fingerprint density at radius 3 is 2.45 bits per heavy atom. The molecule has 0 radical (unpaired) electrons. The summed E-state index contributed by atoms with van der Waals surface area (Å²) in [6.45, 7) is 0.240. The first kappa shape index (κ1) is 15.1. The predicted molar refractivity (Wildman–Crippen MR) is 78.0 cm³/mol. The topological polar surface area (TPSA) is 29.5 Å². The third-order valence-corrected chi connectivity index (χ3v) is 3.34. The van der Waals surface area contributed by atoms with Gasteiger partial charge >= 0.3 is 0 Å². The molecule has 0 saturated heterocycles. The average molecular weight is 315 g/mol. The van der Waals surface area contributed by atoms with Crippen LogP contribution in [0.25, 0.3) is 0 Å². The minimum atomic E-state index is -0.291. The quantitative estimate of drug-likeness (QED) is 0.894. The van der Waals surface area contributed by atoms with Crippen LogP contribution in [0.4, 0.5) is 4.39 Å². The normalized spacial score (nSPS) is 10.6. The summed E-state index contributed by atoms with van der Waals surface area (Å²) in [6.07, 6.45) is 0.384. The Hall–Kier alpha value is -1.29. The fourth-order valence-electron chi connectivity index (χ4n) is 1.80. The van der Waals surface area contributed by atoms with Crippen LogP contribution in [0, 0.1) is 5.82 Å². The van der Waals surface area contributed by atoms with Crippen LogP contribution in [-0.4, -0.2) is 11.7 Å². The van der Waals surface area contributed by atoms with Crippen LogP contribution in [0.5, 0.6) is 5.75 Å². The Balaban J connectivity index is 2.17. The second kappa shape index (κ2) is 6.93. The van der Waals surface area contributed by atoms with Gasteiger partial charge in [-0.1, -0.05) is 35.3 Å². The maximum atomic E-state index is 12.8. The molecule has 2 rings (SSSR count). The number of aliphatic hydroxyl groups is 1. The number of aliphatic hydroxyl groups excluding tert-OH is 1. The summed E-state index contributed by atoms with van der Waals surface area (Å²) in [5.41, 5.74) is 1.54. The lowest BCUT2D eigenvalue weighted by molar-refractivity contribution is 0.284. The lowest BCUT2D eigenvalue weighted by Gasteiger charge is -2.13. The number of halogens is 3. The molecule has 1 N–H and O–H groups in total. The molecule has 0 aromatic heterocycles. The van der Waals surface area contributed by atoms with Crippen LogP contribution < -0.4 is 4.74 Å². The molecule has 5 heteroatoms. The van der Waals surface area contributed by atoms with E-state index in [0.717, 1.165) is 5.56 Å². The van der Waals surface area contributed by atoms with Crippen molar-refractivity contribution in [2.24, 2.45) is 0 Å². The first-order valence-electron chi connectivity index (χ1n) is 6.06. The summed E-state index contributed by atoms with van der Waals surface area (Å²) >= 11 is 12.0. The van der Waals surface area contributed by atoms with E-state index in [1.54, 1.807) is 24.3 Å². The minimum absolute atomic E-state index is 0.0335. The van der Waals surface area contributed by atoms with Gasteiger partial charge in [0.05, 0.1) is 0 Å². The molecular formula is C15H13Cl2FO2. The molecule has 20 heavy (non-hydrogen) atoms. The van der Waals surface area contributed by atoms with Gasteiger partial charge in [0, 0.05) is 28.6 Å². The van der Waals surface area contributed by atoms with Gasteiger partial charge in [0.1, 0.15) is 18.2 Å². The van der Waals surface area contributed by atoms with E-state index in [-0.39, 0.29) is 19.0 Å². The first-order valence-corrected chi connectivity index (χ1v) is 6.82. The van der Waals surface area contributed by atoms with E-state index in [1.165, 1.54) is 12.1 Å². The molecule has 0 aliphatic carbocycles. The highest BCUT2D eigenvalue weighted by atomic mass is 35.5. The van der Waals surface area contributed by atoms with Crippen LogP contribution in [0.3, 0.4) is 0 Å². The van der Waals surface area contributed by atoms with Crippen molar-refractivity contribution in [2.45, 2.75) is 13.0 Å². The molecule has 106 valence electrons. The van der Waals surface area contributed by atoms with Gasteiger partial charge in [0.15, 0.2) is 0 Å². The Morgan fingerprint density at radius 1 is 1.10 bits per heavy atom. The maximum Gasteiger partial charge on any atom is 0.126 e. The number of hydrogen-bond acceptors (Lipinski definition) is 2. The van der Waals surface area contributed by atoms with Gasteiger partial charge < -0.3 is 9.84 Å². The van der Waals surface area contributed by atoms with Gasteiger partial charge in [-0.05, 0) is 29.8 Å². The van der Waals surface area contributed by atoms with Gasteiger partial charge in [0.2, 0.25) is 0 Å². The van der Waals surface area contributed by atoms with Crippen LogP contribution in [-0.2, 0) is 13.0 Å². The zero-order chi connectivity index (χ0) is 14.5. The van der Waals surface area contributed by atoms with Crippen molar-refractivity contribution in [1.82, 2.24) is 0 Å². The number of rotatable bonds is 5. The fraction of sp³-hybridized carbons (Fsp3) is 0.200. The largest absolute Gasteiger partial charge is 0.489 e. The predicted octanol–water partition coefficient (Wildman–Crippen LogP) is 4.25. The van der Waals surface area contributed by atoms with E-state index in [4.69, 9.17) is 33.0 Å². The molecule has 0 unspecified atom stereocenters. The molecule has 0 fully saturated rings. The lowest BCUT2D eigenvalue weighted by Crippen LogP contribution is -2.01. The molecular weight excluding hydrogens is 302 g/mol. The van der Waals surface area contributed by atoms with Gasteiger partial charge in [-0.15, -0.1) is 0 Å². The lowest BCUT2D eigenvalue weighted by atomic mass is 10.1. The molecule has 0 aliphatic rings. The van der Waals surface area contributed by atoms with Crippen LogP contribution in [0.15, 0.2) is 36.4 Å². The third kappa shape index (κ3) is 3.85. The maximum absolute atomic E-state index is 12.8. The van der Waals surface area contributed by atoms with E-state index >= 15 is 0 Å². The van der Waals surface area contributed by atoms with Gasteiger partial charge in [-0.3, -0.25) is 0 Å². The SMILES string of the molecule is OCCc1c(Cl)cc(Cl)cc1OCc1ccc(F)cc1. The van der Waals surface area contributed by atoms with Crippen molar-refractivity contribution in [1.29, 1.82) is 0 Å². The standard InChI is InChI=1S/C15H13Cl2FO2/c16-11-7-14(17)13(5-6-19)15(8-11)20-9-10-1-3-12(18)4-2-10/h1-4,7-8,19H,5-6,9H2. The van der Waals surface area contributed by atoms with Gasteiger partial charge in [-0.2, -0.15) is 0 Å². The molecule has 2 aromatic carbocycles. The summed E-state index contributed by atoms with van der Waals surface area (Å²) in [4.78, 5) is 0. The highest BCUT2D eigenvalue weighted by Crippen LogP contribution is 2.31. The smallest absolute Gasteiger partial charge is 0.126 e. The second-order valence-corrected chi connectivity index (χ2v) is 5.10. The molecule has 0 heterocycles. The van der Waals surface area contributed by atoms with Crippen molar-refractivity contribution in [3.8, 4) is 5.75 Å². The highest BCUT2D eigenvalue weighted by molar-refractivity contribution is 6.35. The molecule has 0 aliphatic heterocycles. The van der Waals surface area contributed by atoms with E-state index in [9.17, 15) is 4.39 Å². The number of benzene rings is 2. The summed E-state index contributed by atoms with van der Waals surface area (Å²) in [5.74, 6) is 0.237. The highest BCUT2D eigenvalue weighted by Gasteiger charge is 2.10. The minimum Gasteiger partial charge on any atom is -0.489 e. The Labute approximate surface area is 126 Å². The van der Waals surface area contributed by atoms with E-state index in [2.05, 4.69) is 0 Å². The molecule has 0 atom stereocenters. The zero-order valence-corrected chi connectivity index (χ0v) is 12.1. The molecule has 0 bridgehead atoms. The molecule has 2 nitrogen and oxygen atoms in total. The summed E-state index contributed by atoms with van der Waals surface area (Å²) in [7, 11) is 0. The van der Waals surface area contributed by atoms with Gasteiger partial charge in [0.25, 0.3) is 0 Å². The van der Waals surface area contributed by atoms with Gasteiger partial charge in [-0.25, -0.2) is 4.39 Å².